The van der Waals surface area contributed by atoms with E-state index in [-0.39, 0.29) is 29.3 Å². The minimum absolute atomic E-state index is 0.0482. The molecular weight excluding hydrogens is 434 g/mol. The van der Waals surface area contributed by atoms with Crippen LogP contribution in [-0.4, -0.2) is 36.2 Å². The Kier molecular flexibility index (Phi) is 5.30. The summed E-state index contributed by atoms with van der Waals surface area (Å²) in [4.78, 5) is 50.8. The Labute approximate surface area is 195 Å². The van der Waals surface area contributed by atoms with Gasteiger partial charge in [-0.05, 0) is 37.3 Å². The minimum atomic E-state index is -1.10. The highest BCUT2D eigenvalue weighted by molar-refractivity contribution is 6.28. The molecule has 3 aromatic carbocycles. The van der Waals surface area contributed by atoms with E-state index in [1.807, 2.05) is 18.2 Å². The van der Waals surface area contributed by atoms with Crippen molar-refractivity contribution in [2.75, 3.05) is 11.9 Å². The van der Waals surface area contributed by atoms with E-state index in [4.69, 9.17) is 9.47 Å². The van der Waals surface area contributed by atoms with Crippen molar-refractivity contribution >= 4 is 35.2 Å². The van der Waals surface area contributed by atoms with Gasteiger partial charge in [0.05, 0.1) is 5.57 Å². The largest absolute Gasteiger partial charge is 0.488 e. The number of carbonyl (C=O) groups is 4. The van der Waals surface area contributed by atoms with Gasteiger partial charge in [-0.1, -0.05) is 42.5 Å². The first-order chi connectivity index (χ1) is 16.4. The van der Waals surface area contributed by atoms with Crippen molar-refractivity contribution in [2.24, 2.45) is 0 Å². The minimum Gasteiger partial charge on any atom is -0.488 e. The molecule has 0 aromatic heterocycles. The van der Waals surface area contributed by atoms with Crippen LogP contribution in [0.4, 0.5) is 5.69 Å². The maximum atomic E-state index is 12.9. The maximum Gasteiger partial charge on any atom is 0.338 e. The summed E-state index contributed by atoms with van der Waals surface area (Å²) in [6.45, 7) is 1.50. The van der Waals surface area contributed by atoms with Gasteiger partial charge < -0.3 is 14.8 Å². The average molecular weight is 453 g/mol. The summed E-state index contributed by atoms with van der Waals surface area (Å²) < 4.78 is 10.9. The van der Waals surface area contributed by atoms with E-state index in [2.05, 4.69) is 5.32 Å². The van der Waals surface area contributed by atoms with Crippen LogP contribution in [0, 0.1) is 0 Å². The van der Waals surface area contributed by atoms with Crippen molar-refractivity contribution in [3.05, 3.63) is 100 Å². The lowest BCUT2D eigenvalue weighted by atomic mass is 9.84. The normalized spacial score (nSPS) is 14.6. The Bertz CT molecular complexity index is 1400. The second-order valence-electron chi connectivity index (χ2n) is 8.00. The molecule has 1 heterocycles. The number of ketones is 2. The van der Waals surface area contributed by atoms with E-state index >= 15 is 0 Å². The van der Waals surface area contributed by atoms with Gasteiger partial charge in [-0.2, -0.15) is 0 Å². The fourth-order valence-electron chi connectivity index (χ4n) is 3.94. The van der Waals surface area contributed by atoms with Gasteiger partial charge in [0, 0.05) is 33.5 Å². The number of fused-ring (bicyclic) bond motifs is 3. The smallest absolute Gasteiger partial charge is 0.338 e. The summed E-state index contributed by atoms with van der Waals surface area (Å²) in [6, 6.07) is 18.4. The van der Waals surface area contributed by atoms with E-state index in [9.17, 15) is 19.2 Å². The highest BCUT2D eigenvalue weighted by atomic mass is 16.6. The molecule has 34 heavy (non-hydrogen) atoms. The highest BCUT2D eigenvalue weighted by Crippen LogP contribution is 2.29. The second kappa shape index (κ2) is 8.44. The number of amides is 1. The zero-order valence-electron chi connectivity index (χ0n) is 18.2. The van der Waals surface area contributed by atoms with Crippen LogP contribution in [0.3, 0.4) is 0 Å². The van der Waals surface area contributed by atoms with Gasteiger partial charge in [-0.15, -0.1) is 0 Å². The molecule has 1 N–H and O–H groups in total. The molecule has 0 saturated carbocycles. The zero-order valence-corrected chi connectivity index (χ0v) is 18.2. The van der Waals surface area contributed by atoms with Crippen molar-refractivity contribution in [1.82, 2.24) is 0 Å². The Morgan fingerprint density at radius 2 is 1.53 bits per heavy atom. The number of esters is 1. The number of ether oxygens (including phenoxy) is 2. The zero-order chi connectivity index (χ0) is 23.8. The number of para-hydroxylation sites is 1. The topological polar surface area (TPSA) is 98.8 Å². The van der Waals surface area contributed by atoms with E-state index in [0.717, 1.165) is 5.56 Å². The molecule has 7 nitrogen and oxygen atoms in total. The number of anilines is 1. The standard InChI is InChI=1S/C27H19NO6/c1-15(34-27(32)17-12-16-6-2-5-9-23(16)33-14-17)26(31)28-18-10-11-21-22(13-18)25(30)20-8-4-3-7-19(20)24(21)29/h2-13,15H,14H2,1H3,(H,28,31). The Balaban J connectivity index is 1.29. The predicted octanol–water partition coefficient (Wildman–Crippen LogP) is 3.81. The summed E-state index contributed by atoms with van der Waals surface area (Å²) in [6.07, 6.45) is 0.579. The number of hydrogen-bond donors (Lipinski definition) is 1. The molecule has 1 unspecified atom stereocenters. The van der Waals surface area contributed by atoms with Gasteiger partial charge in [0.1, 0.15) is 12.4 Å². The van der Waals surface area contributed by atoms with Gasteiger partial charge in [0.25, 0.3) is 5.91 Å². The molecule has 5 rings (SSSR count). The molecule has 0 radical (unpaired) electrons. The van der Waals surface area contributed by atoms with Crippen molar-refractivity contribution in [2.45, 2.75) is 13.0 Å². The number of carbonyl (C=O) groups excluding carboxylic acids is 4. The third-order valence-corrected chi connectivity index (χ3v) is 5.74. The molecule has 0 bridgehead atoms. The fourth-order valence-corrected chi connectivity index (χ4v) is 3.94. The van der Waals surface area contributed by atoms with Crippen LogP contribution in [0.2, 0.25) is 0 Å². The lowest BCUT2D eigenvalue weighted by molar-refractivity contribution is -0.149. The molecule has 3 aromatic rings. The molecule has 0 fully saturated rings. The second-order valence-corrected chi connectivity index (χ2v) is 8.00. The van der Waals surface area contributed by atoms with Gasteiger partial charge in [0.2, 0.25) is 0 Å². The first kappa shape index (κ1) is 21.3. The fraction of sp³-hybridized carbons (Fsp3) is 0.111. The average Bonchev–Trinajstić information content (AvgIpc) is 2.86. The third kappa shape index (κ3) is 3.77. The summed E-state index contributed by atoms with van der Waals surface area (Å²) >= 11 is 0. The number of rotatable bonds is 4. The number of hydrogen-bond acceptors (Lipinski definition) is 6. The Hall–Kier alpha value is -4.52. The summed E-state index contributed by atoms with van der Waals surface area (Å²) in [5.74, 6) is -1.07. The SMILES string of the molecule is CC(OC(=O)C1=Cc2ccccc2OC1)C(=O)Nc1ccc2c(c1)C(=O)c1ccccc1C2=O. The third-order valence-electron chi connectivity index (χ3n) is 5.74. The van der Waals surface area contributed by atoms with Gasteiger partial charge in [0.15, 0.2) is 17.7 Å². The van der Waals surface area contributed by atoms with Gasteiger partial charge >= 0.3 is 5.97 Å². The molecule has 0 saturated heterocycles. The first-order valence-electron chi connectivity index (χ1n) is 10.7. The lowest BCUT2D eigenvalue weighted by Gasteiger charge is -2.20. The van der Waals surface area contributed by atoms with Crippen LogP contribution in [0.1, 0.15) is 44.3 Å². The molecule has 1 atom stereocenters. The molecule has 2 aliphatic rings. The molecule has 168 valence electrons. The Morgan fingerprint density at radius 1 is 0.882 bits per heavy atom. The predicted molar refractivity (Wildman–Crippen MR) is 124 cm³/mol. The van der Waals surface area contributed by atoms with E-state index in [1.165, 1.54) is 19.1 Å². The molecule has 1 aliphatic heterocycles. The van der Waals surface area contributed by atoms with Crippen LogP contribution < -0.4 is 10.1 Å². The maximum absolute atomic E-state index is 12.9. The summed E-state index contributed by atoms with van der Waals surface area (Å²) in [7, 11) is 0. The van der Waals surface area contributed by atoms with Crippen LogP contribution in [0.15, 0.2) is 72.3 Å². The van der Waals surface area contributed by atoms with Crippen LogP contribution in [0.25, 0.3) is 6.08 Å². The van der Waals surface area contributed by atoms with Gasteiger partial charge in [-0.3, -0.25) is 14.4 Å². The number of nitrogens with one attached hydrogen (secondary N) is 1. The molecule has 0 spiro atoms. The summed E-state index contributed by atoms with van der Waals surface area (Å²) in [5.41, 5.74) is 2.57. The van der Waals surface area contributed by atoms with E-state index in [0.29, 0.717) is 28.1 Å². The van der Waals surface area contributed by atoms with Crippen LogP contribution in [0.5, 0.6) is 5.75 Å². The van der Waals surface area contributed by atoms with Crippen LogP contribution in [-0.2, 0) is 14.3 Å². The van der Waals surface area contributed by atoms with Crippen molar-refractivity contribution < 1.29 is 28.7 Å². The summed E-state index contributed by atoms with van der Waals surface area (Å²) in [5, 5.41) is 2.64. The van der Waals surface area contributed by atoms with E-state index < -0.39 is 18.0 Å². The quantitative estimate of drug-likeness (QED) is 0.472. The monoisotopic (exact) mass is 453 g/mol. The molecule has 1 aliphatic carbocycles. The molecule has 7 heteroatoms. The first-order valence-corrected chi connectivity index (χ1v) is 10.7. The Morgan fingerprint density at radius 3 is 2.29 bits per heavy atom. The van der Waals surface area contributed by atoms with E-state index in [1.54, 1.807) is 42.5 Å². The van der Waals surface area contributed by atoms with Gasteiger partial charge in [-0.25, -0.2) is 4.79 Å². The molecule has 1 amide bonds. The highest BCUT2D eigenvalue weighted by Gasteiger charge is 2.30. The van der Waals surface area contributed by atoms with Crippen molar-refractivity contribution in [3.8, 4) is 5.75 Å². The van der Waals surface area contributed by atoms with Crippen molar-refractivity contribution in [3.63, 3.8) is 0 Å². The molecular formula is C27H19NO6. The van der Waals surface area contributed by atoms with Crippen molar-refractivity contribution in [1.29, 1.82) is 0 Å². The van der Waals surface area contributed by atoms with Crippen LogP contribution >= 0.6 is 0 Å². The lowest BCUT2D eigenvalue weighted by Crippen LogP contribution is -2.31. The number of benzene rings is 3.